The van der Waals surface area contributed by atoms with E-state index in [4.69, 9.17) is 9.47 Å². The molecular formula is C25H32N2O4. The van der Waals surface area contributed by atoms with Crippen molar-refractivity contribution in [1.29, 1.82) is 0 Å². The van der Waals surface area contributed by atoms with E-state index >= 15 is 0 Å². The quantitative estimate of drug-likeness (QED) is 0.626. The zero-order valence-electron chi connectivity index (χ0n) is 18.7. The predicted molar refractivity (Wildman–Crippen MR) is 119 cm³/mol. The predicted octanol–water partition coefficient (Wildman–Crippen LogP) is 3.48. The van der Waals surface area contributed by atoms with E-state index in [-0.39, 0.29) is 29.5 Å². The molecule has 1 N–H and O–H groups in total. The van der Waals surface area contributed by atoms with Crippen molar-refractivity contribution in [3.8, 4) is 0 Å². The molecule has 0 aromatic heterocycles. The molecule has 2 aromatic carbocycles. The van der Waals surface area contributed by atoms with Gasteiger partial charge in [-0.2, -0.15) is 0 Å². The topological polar surface area (TPSA) is 67.9 Å². The Morgan fingerprint density at radius 1 is 1.06 bits per heavy atom. The summed E-state index contributed by atoms with van der Waals surface area (Å²) in [5.74, 6) is -0.342. The van der Waals surface area contributed by atoms with Crippen LogP contribution < -0.4 is 5.32 Å². The third-order valence-corrected chi connectivity index (χ3v) is 5.22. The molecule has 2 amide bonds. The molecule has 3 rings (SSSR count). The van der Waals surface area contributed by atoms with Crippen molar-refractivity contribution in [1.82, 2.24) is 10.2 Å². The van der Waals surface area contributed by atoms with Crippen molar-refractivity contribution in [3.05, 3.63) is 71.8 Å². The van der Waals surface area contributed by atoms with Crippen LogP contribution in [0.25, 0.3) is 0 Å². The Hall–Kier alpha value is -2.70. The number of likely N-dealkylation sites (tertiary alicyclic amines) is 1. The first-order valence-corrected chi connectivity index (χ1v) is 10.7. The highest BCUT2D eigenvalue weighted by atomic mass is 16.5. The van der Waals surface area contributed by atoms with Crippen molar-refractivity contribution < 1.29 is 19.1 Å². The summed E-state index contributed by atoms with van der Waals surface area (Å²) in [6.07, 6.45) is 0. The molecule has 31 heavy (non-hydrogen) atoms. The van der Waals surface area contributed by atoms with Crippen molar-refractivity contribution in [3.63, 3.8) is 0 Å². The van der Waals surface area contributed by atoms with Crippen LogP contribution in [0.2, 0.25) is 0 Å². The van der Waals surface area contributed by atoms with Gasteiger partial charge in [0.15, 0.2) is 0 Å². The fraction of sp³-hybridized carbons (Fsp3) is 0.440. The lowest BCUT2D eigenvalue weighted by molar-refractivity contribution is -0.168. The van der Waals surface area contributed by atoms with Gasteiger partial charge in [0, 0.05) is 6.92 Å². The average molecular weight is 425 g/mol. The Morgan fingerprint density at radius 2 is 1.68 bits per heavy atom. The molecule has 1 aliphatic heterocycles. The number of rotatable bonds is 9. The van der Waals surface area contributed by atoms with Gasteiger partial charge in [-0.05, 0) is 31.9 Å². The Kier molecular flexibility index (Phi) is 7.46. The van der Waals surface area contributed by atoms with E-state index in [0.717, 1.165) is 11.1 Å². The third-order valence-electron chi connectivity index (χ3n) is 5.22. The molecule has 1 heterocycles. The van der Waals surface area contributed by atoms with Crippen LogP contribution in [-0.2, 0) is 25.7 Å². The summed E-state index contributed by atoms with van der Waals surface area (Å²) in [4.78, 5) is 26.5. The molecule has 3 atom stereocenters. The molecule has 166 valence electrons. The third kappa shape index (κ3) is 6.15. The fourth-order valence-corrected chi connectivity index (χ4v) is 3.72. The van der Waals surface area contributed by atoms with Crippen LogP contribution in [0.1, 0.15) is 44.9 Å². The van der Waals surface area contributed by atoms with E-state index in [1.807, 2.05) is 81.4 Å². The molecular weight excluding hydrogens is 392 g/mol. The monoisotopic (exact) mass is 424 g/mol. The maximum Gasteiger partial charge on any atom is 0.248 e. The number of carbonyl (C=O) groups is 2. The number of nitrogens with zero attached hydrogens (tertiary/aromatic N) is 1. The van der Waals surface area contributed by atoms with Crippen LogP contribution in [0.15, 0.2) is 60.7 Å². The van der Waals surface area contributed by atoms with Crippen molar-refractivity contribution in [2.75, 3.05) is 13.2 Å². The standard InChI is InChI=1S/C25H32N2O4/c1-18(28)26-23-22(17-31-25(2,3)4)27(24(23)29)21(20-13-9-6-10-14-20)16-30-15-19-11-7-5-8-12-19/h5-14,21-23H,15-17H2,1-4H3,(H,26,28). The number of benzene rings is 2. The number of hydrogen-bond acceptors (Lipinski definition) is 4. The molecule has 1 saturated heterocycles. The minimum atomic E-state index is -0.583. The first kappa shape index (κ1) is 23.0. The molecule has 6 nitrogen and oxygen atoms in total. The summed E-state index contributed by atoms with van der Waals surface area (Å²) in [5.41, 5.74) is 1.72. The first-order chi connectivity index (χ1) is 14.8. The molecule has 2 aromatic rings. The Morgan fingerprint density at radius 3 is 2.26 bits per heavy atom. The van der Waals surface area contributed by atoms with E-state index in [1.165, 1.54) is 6.92 Å². The number of amides is 2. The summed E-state index contributed by atoms with van der Waals surface area (Å²) < 4.78 is 12.0. The van der Waals surface area contributed by atoms with Crippen molar-refractivity contribution >= 4 is 11.8 Å². The molecule has 1 fully saturated rings. The number of hydrogen-bond donors (Lipinski definition) is 1. The van der Waals surface area contributed by atoms with Gasteiger partial charge in [-0.3, -0.25) is 9.59 Å². The van der Waals surface area contributed by atoms with Crippen LogP contribution >= 0.6 is 0 Å². The molecule has 1 aliphatic rings. The van der Waals surface area contributed by atoms with E-state index in [2.05, 4.69) is 5.32 Å². The molecule has 0 saturated carbocycles. The number of β-lactam (4-membered cyclic amide) rings is 1. The minimum absolute atomic E-state index is 0.116. The Balaban J connectivity index is 1.79. The van der Waals surface area contributed by atoms with Crippen LogP contribution in [0.4, 0.5) is 0 Å². The van der Waals surface area contributed by atoms with Gasteiger partial charge in [0.2, 0.25) is 11.8 Å². The lowest BCUT2D eigenvalue weighted by atomic mass is 9.90. The summed E-state index contributed by atoms with van der Waals surface area (Å²) >= 11 is 0. The molecule has 0 aliphatic carbocycles. The first-order valence-electron chi connectivity index (χ1n) is 10.7. The molecule has 6 heteroatoms. The summed E-state index contributed by atoms with van der Waals surface area (Å²) in [7, 11) is 0. The zero-order valence-corrected chi connectivity index (χ0v) is 18.7. The van der Waals surface area contributed by atoms with Crippen LogP contribution in [0.3, 0.4) is 0 Å². The number of ether oxygens (including phenoxy) is 2. The minimum Gasteiger partial charge on any atom is -0.374 e. The zero-order chi connectivity index (χ0) is 22.4. The molecule has 0 radical (unpaired) electrons. The van der Waals surface area contributed by atoms with Crippen molar-refractivity contribution in [2.24, 2.45) is 0 Å². The van der Waals surface area contributed by atoms with E-state index in [1.54, 1.807) is 4.90 Å². The SMILES string of the molecule is CC(=O)NC1C(=O)N(C(COCc2ccccc2)c2ccccc2)C1COC(C)(C)C. The van der Waals surface area contributed by atoms with Gasteiger partial charge in [0.05, 0.1) is 37.5 Å². The summed E-state index contributed by atoms with van der Waals surface area (Å²) in [5, 5.41) is 2.78. The van der Waals surface area contributed by atoms with Crippen LogP contribution in [0, 0.1) is 0 Å². The Bertz CT molecular complexity index is 864. The van der Waals surface area contributed by atoms with Crippen LogP contribution in [0.5, 0.6) is 0 Å². The van der Waals surface area contributed by atoms with Gasteiger partial charge >= 0.3 is 0 Å². The number of carbonyl (C=O) groups excluding carboxylic acids is 2. The van der Waals surface area contributed by atoms with E-state index in [9.17, 15) is 9.59 Å². The van der Waals surface area contributed by atoms with Gasteiger partial charge in [0.25, 0.3) is 0 Å². The van der Waals surface area contributed by atoms with Crippen molar-refractivity contribution in [2.45, 2.75) is 58.0 Å². The number of nitrogens with one attached hydrogen (secondary N) is 1. The van der Waals surface area contributed by atoms with E-state index in [0.29, 0.717) is 19.8 Å². The average Bonchev–Trinajstić information content (AvgIpc) is 2.74. The highest BCUT2D eigenvalue weighted by Crippen LogP contribution is 2.33. The van der Waals surface area contributed by atoms with E-state index < -0.39 is 6.04 Å². The van der Waals surface area contributed by atoms with Gasteiger partial charge in [-0.25, -0.2) is 0 Å². The lowest BCUT2D eigenvalue weighted by Crippen LogP contribution is -2.73. The maximum absolute atomic E-state index is 13.1. The second-order valence-electron chi connectivity index (χ2n) is 8.84. The normalized spacial score (nSPS) is 19.6. The highest BCUT2D eigenvalue weighted by molar-refractivity contribution is 5.93. The summed E-state index contributed by atoms with van der Waals surface area (Å²) in [6.45, 7) is 8.50. The van der Waals surface area contributed by atoms with Gasteiger partial charge in [-0.15, -0.1) is 0 Å². The smallest absolute Gasteiger partial charge is 0.248 e. The fourth-order valence-electron chi connectivity index (χ4n) is 3.72. The molecule has 3 unspecified atom stereocenters. The maximum atomic E-state index is 13.1. The second kappa shape index (κ2) is 10.1. The van der Waals surface area contributed by atoms with Gasteiger partial charge < -0.3 is 19.7 Å². The largest absolute Gasteiger partial charge is 0.374 e. The second-order valence-corrected chi connectivity index (χ2v) is 8.84. The Labute approximate surface area is 184 Å². The molecule has 0 bridgehead atoms. The highest BCUT2D eigenvalue weighted by Gasteiger charge is 2.51. The summed E-state index contributed by atoms with van der Waals surface area (Å²) in [6, 6.07) is 18.7. The van der Waals surface area contributed by atoms with Crippen LogP contribution in [-0.4, -0.2) is 47.6 Å². The van der Waals surface area contributed by atoms with Gasteiger partial charge in [-0.1, -0.05) is 60.7 Å². The van der Waals surface area contributed by atoms with Gasteiger partial charge in [0.1, 0.15) is 6.04 Å². The lowest BCUT2D eigenvalue weighted by Gasteiger charge is -2.51. The molecule has 0 spiro atoms.